The zero-order valence-corrected chi connectivity index (χ0v) is 20.5. The lowest BCUT2D eigenvalue weighted by Crippen LogP contribution is -2.49. The van der Waals surface area contributed by atoms with Gasteiger partial charge in [0.25, 0.3) is 5.91 Å². The van der Waals surface area contributed by atoms with Gasteiger partial charge in [-0.15, -0.1) is 0 Å². The first-order valence-electron chi connectivity index (χ1n) is 12.3. The summed E-state index contributed by atoms with van der Waals surface area (Å²) in [6.45, 7) is 5.73. The minimum Gasteiger partial charge on any atom is -0.497 e. The first-order chi connectivity index (χ1) is 17.1. The summed E-state index contributed by atoms with van der Waals surface area (Å²) < 4.78 is 12.7. The van der Waals surface area contributed by atoms with Gasteiger partial charge in [0.05, 0.1) is 25.6 Å². The van der Waals surface area contributed by atoms with E-state index in [0.717, 1.165) is 61.3 Å². The Bertz CT molecular complexity index is 1130. The van der Waals surface area contributed by atoms with Crippen LogP contribution < -0.4 is 14.4 Å². The van der Waals surface area contributed by atoms with Gasteiger partial charge in [0.15, 0.2) is 0 Å². The normalized spacial score (nSPS) is 16.5. The molecular weight excluding hydrogens is 442 g/mol. The van der Waals surface area contributed by atoms with Crippen molar-refractivity contribution in [1.29, 1.82) is 0 Å². The highest BCUT2D eigenvalue weighted by atomic mass is 16.5. The van der Waals surface area contributed by atoms with Crippen LogP contribution in [0.1, 0.15) is 29.0 Å². The van der Waals surface area contributed by atoms with E-state index in [-0.39, 0.29) is 5.91 Å². The van der Waals surface area contributed by atoms with Crippen molar-refractivity contribution in [3.63, 3.8) is 0 Å². The van der Waals surface area contributed by atoms with Crippen LogP contribution in [0.25, 0.3) is 5.69 Å². The maximum Gasteiger partial charge on any atom is 0.272 e. The quantitative estimate of drug-likeness (QED) is 0.522. The van der Waals surface area contributed by atoms with E-state index < -0.39 is 0 Å². The number of para-hydroxylation sites is 1. The second kappa shape index (κ2) is 10.4. The maximum absolute atomic E-state index is 13.7. The summed E-state index contributed by atoms with van der Waals surface area (Å²) in [5, 5.41) is 4.85. The zero-order valence-electron chi connectivity index (χ0n) is 20.5. The summed E-state index contributed by atoms with van der Waals surface area (Å²) in [5.74, 6) is 1.54. The number of carbonyl (C=O) groups is 1. The number of carbonyl (C=O) groups excluding carboxylic acids is 1. The first kappa shape index (κ1) is 23.2. The van der Waals surface area contributed by atoms with Crippen LogP contribution in [-0.2, 0) is 6.54 Å². The van der Waals surface area contributed by atoms with Crippen LogP contribution in [0, 0.1) is 0 Å². The monoisotopic (exact) mass is 475 g/mol. The fourth-order valence-electron chi connectivity index (χ4n) is 4.90. The van der Waals surface area contributed by atoms with Crippen molar-refractivity contribution < 1.29 is 14.3 Å². The highest BCUT2D eigenvalue weighted by Gasteiger charge is 2.27. The van der Waals surface area contributed by atoms with Gasteiger partial charge in [0, 0.05) is 56.6 Å². The van der Waals surface area contributed by atoms with E-state index in [1.54, 1.807) is 14.2 Å². The average molecular weight is 476 g/mol. The average Bonchev–Trinajstić information content (AvgIpc) is 3.59. The molecule has 3 heterocycles. The van der Waals surface area contributed by atoms with Crippen LogP contribution in [0.15, 0.2) is 54.6 Å². The van der Waals surface area contributed by atoms with Gasteiger partial charge >= 0.3 is 0 Å². The molecule has 1 amide bonds. The Labute approximate surface area is 206 Å². The van der Waals surface area contributed by atoms with Gasteiger partial charge in [0.2, 0.25) is 0 Å². The number of methoxy groups -OCH3 is 2. The lowest BCUT2D eigenvalue weighted by atomic mass is 10.2. The highest BCUT2D eigenvalue weighted by molar-refractivity contribution is 5.93. The molecule has 0 unspecified atom stereocenters. The molecule has 0 bridgehead atoms. The van der Waals surface area contributed by atoms with Crippen LogP contribution in [0.5, 0.6) is 11.5 Å². The van der Waals surface area contributed by atoms with Crippen LogP contribution >= 0.6 is 0 Å². The van der Waals surface area contributed by atoms with Gasteiger partial charge in [-0.05, 0) is 44.1 Å². The van der Waals surface area contributed by atoms with E-state index in [1.165, 1.54) is 12.8 Å². The minimum absolute atomic E-state index is 0.0249. The highest BCUT2D eigenvalue weighted by Crippen LogP contribution is 2.29. The second-order valence-electron chi connectivity index (χ2n) is 9.10. The molecule has 0 radical (unpaired) electrons. The van der Waals surface area contributed by atoms with E-state index in [1.807, 2.05) is 64.2 Å². The number of benzene rings is 2. The molecule has 3 aromatic rings. The Hall–Kier alpha value is -3.52. The standard InChI is InChI=1S/C27H33N5O3/c1-34-24-17-23(18-25(19-24)35-2)30-12-14-31(15-13-30)27(33)26-16-21(20-29-10-6-7-11-29)28-32(26)22-8-4-3-5-9-22/h3-5,8-9,16-19H,6-7,10-15,20H2,1-2H3. The van der Waals surface area contributed by atoms with Crippen LogP contribution in [-0.4, -0.2) is 79.0 Å². The van der Waals surface area contributed by atoms with Gasteiger partial charge in [-0.25, -0.2) is 4.68 Å². The third-order valence-electron chi connectivity index (χ3n) is 6.83. The fourth-order valence-corrected chi connectivity index (χ4v) is 4.90. The molecule has 2 saturated heterocycles. The summed E-state index contributed by atoms with van der Waals surface area (Å²) in [6.07, 6.45) is 2.46. The summed E-state index contributed by atoms with van der Waals surface area (Å²) in [5.41, 5.74) is 3.52. The molecular formula is C27H33N5O3. The molecule has 0 atom stereocenters. The summed E-state index contributed by atoms with van der Waals surface area (Å²) in [7, 11) is 3.31. The number of nitrogens with zero attached hydrogens (tertiary/aromatic N) is 5. The Balaban J connectivity index is 1.33. The van der Waals surface area contributed by atoms with Crippen molar-refractivity contribution in [2.75, 3.05) is 58.4 Å². The number of hydrogen-bond acceptors (Lipinski definition) is 6. The molecule has 2 aliphatic heterocycles. The summed E-state index contributed by atoms with van der Waals surface area (Å²) in [4.78, 5) is 20.3. The molecule has 0 N–H and O–H groups in total. The van der Waals surface area contributed by atoms with Crippen molar-refractivity contribution in [3.8, 4) is 17.2 Å². The molecule has 0 spiro atoms. The molecule has 8 heteroatoms. The SMILES string of the molecule is COc1cc(OC)cc(N2CCN(C(=O)c3cc(CN4CCCC4)nn3-c3ccccc3)CC2)c1. The van der Waals surface area contributed by atoms with Crippen LogP contribution in [0.2, 0.25) is 0 Å². The van der Waals surface area contributed by atoms with E-state index in [9.17, 15) is 4.79 Å². The van der Waals surface area contributed by atoms with Crippen molar-refractivity contribution in [3.05, 3.63) is 66.0 Å². The molecule has 184 valence electrons. The number of piperazine rings is 1. The number of likely N-dealkylation sites (tertiary alicyclic amines) is 1. The Morgan fingerprint density at radius 2 is 1.49 bits per heavy atom. The van der Waals surface area contributed by atoms with Gasteiger partial charge in [0.1, 0.15) is 17.2 Å². The Morgan fingerprint density at radius 3 is 2.11 bits per heavy atom. The fraction of sp³-hybridized carbons (Fsp3) is 0.407. The van der Waals surface area contributed by atoms with E-state index in [2.05, 4.69) is 9.80 Å². The lowest BCUT2D eigenvalue weighted by Gasteiger charge is -2.36. The largest absolute Gasteiger partial charge is 0.497 e. The zero-order chi connectivity index (χ0) is 24.2. The topological polar surface area (TPSA) is 63.1 Å². The minimum atomic E-state index is 0.0249. The Morgan fingerprint density at radius 1 is 0.829 bits per heavy atom. The van der Waals surface area contributed by atoms with Crippen LogP contribution in [0.3, 0.4) is 0 Å². The molecule has 0 aliphatic carbocycles. The van der Waals surface area contributed by atoms with E-state index in [4.69, 9.17) is 14.6 Å². The molecule has 2 aromatic carbocycles. The number of hydrogen-bond donors (Lipinski definition) is 0. The van der Waals surface area contributed by atoms with Gasteiger partial charge < -0.3 is 19.3 Å². The van der Waals surface area contributed by atoms with Gasteiger partial charge in [-0.3, -0.25) is 9.69 Å². The number of aromatic nitrogens is 2. The van der Waals surface area contributed by atoms with Crippen molar-refractivity contribution in [1.82, 2.24) is 19.6 Å². The lowest BCUT2D eigenvalue weighted by molar-refractivity contribution is 0.0737. The summed E-state index contributed by atoms with van der Waals surface area (Å²) in [6, 6.07) is 17.8. The predicted molar refractivity (Wildman–Crippen MR) is 136 cm³/mol. The number of amides is 1. The smallest absolute Gasteiger partial charge is 0.272 e. The molecule has 2 aliphatic rings. The second-order valence-corrected chi connectivity index (χ2v) is 9.10. The predicted octanol–water partition coefficient (Wildman–Crippen LogP) is 3.45. The molecule has 2 fully saturated rings. The van der Waals surface area contributed by atoms with E-state index in [0.29, 0.717) is 18.8 Å². The number of ether oxygens (including phenoxy) is 2. The van der Waals surface area contributed by atoms with Gasteiger partial charge in [-0.1, -0.05) is 18.2 Å². The molecule has 35 heavy (non-hydrogen) atoms. The first-order valence-corrected chi connectivity index (χ1v) is 12.3. The number of rotatable bonds is 7. The summed E-state index contributed by atoms with van der Waals surface area (Å²) >= 11 is 0. The third kappa shape index (κ3) is 5.12. The van der Waals surface area contributed by atoms with Gasteiger partial charge in [-0.2, -0.15) is 5.10 Å². The maximum atomic E-state index is 13.7. The molecule has 1 aromatic heterocycles. The molecule has 8 nitrogen and oxygen atoms in total. The Kier molecular flexibility index (Phi) is 6.90. The van der Waals surface area contributed by atoms with Crippen molar-refractivity contribution in [2.24, 2.45) is 0 Å². The van der Waals surface area contributed by atoms with E-state index >= 15 is 0 Å². The van der Waals surface area contributed by atoms with Crippen molar-refractivity contribution >= 4 is 11.6 Å². The third-order valence-corrected chi connectivity index (χ3v) is 6.83. The van der Waals surface area contributed by atoms with Crippen molar-refractivity contribution in [2.45, 2.75) is 19.4 Å². The molecule has 5 rings (SSSR count). The number of anilines is 1. The van der Waals surface area contributed by atoms with Crippen LogP contribution in [0.4, 0.5) is 5.69 Å². The molecule has 0 saturated carbocycles.